The first kappa shape index (κ1) is 11.8. The van der Waals surface area contributed by atoms with Gasteiger partial charge in [0.25, 0.3) is 0 Å². The Labute approximate surface area is 101 Å². The molecule has 2 aromatic rings. The van der Waals surface area contributed by atoms with Gasteiger partial charge in [-0.25, -0.2) is 8.78 Å². The first-order valence-corrected chi connectivity index (χ1v) is 5.16. The summed E-state index contributed by atoms with van der Waals surface area (Å²) in [5, 5.41) is -0.00224. The van der Waals surface area contributed by atoms with E-state index in [1.54, 1.807) is 0 Å². The second-order valence-corrected chi connectivity index (χ2v) is 3.80. The Balaban J connectivity index is 2.19. The fourth-order valence-electron chi connectivity index (χ4n) is 1.42. The summed E-state index contributed by atoms with van der Waals surface area (Å²) in [6.45, 7) is 0. The summed E-state index contributed by atoms with van der Waals surface area (Å²) in [6, 6.07) is 4.75. The molecule has 0 amide bonds. The van der Waals surface area contributed by atoms with Gasteiger partial charge in [-0.05, 0) is 35.4 Å². The van der Waals surface area contributed by atoms with Gasteiger partial charge in [-0.1, -0.05) is 6.07 Å². The van der Waals surface area contributed by atoms with Gasteiger partial charge in [0.05, 0.1) is 11.8 Å². The number of ketones is 1. The molecular weight excluding hydrogens is 250 g/mol. The molecule has 0 bridgehead atoms. The number of rotatable bonds is 3. The van der Waals surface area contributed by atoms with Gasteiger partial charge in [0.15, 0.2) is 17.4 Å². The first-order chi connectivity index (χ1) is 8.08. The standard InChI is InChI=1S/C12H7ClF2O2/c13-12-8(3-4-17-12)11(16)6-7-1-2-9(14)10(15)5-7/h1-5H,6H2. The fourth-order valence-corrected chi connectivity index (χ4v) is 1.64. The van der Waals surface area contributed by atoms with Crippen LogP contribution in [-0.4, -0.2) is 5.78 Å². The number of hydrogen-bond donors (Lipinski definition) is 0. The van der Waals surface area contributed by atoms with Gasteiger partial charge in [-0.2, -0.15) is 0 Å². The van der Waals surface area contributed by atoms with E-state index in [2.05, 4.69) is 0 Å². The number of hydrogen-bond acceptors (Lipinski definition) is 2. The van der Waals surface area contributed by atoms with Crippen molar-refractivity contribution < 1.29 is 18.0 Å². The van der Waals surface area contributed by atoms with Gasteiger partial charge in [0, 0.05) is 6.42 Å². The van der Waals surface area contributed by atoms with Crippen molar-refractivity contribution in [3.63, 3.8) is 0 Å². The van der Waals surface area contributed by atoms with Gasteiger partial charge in [0.1, 0.15) is 0 Å². The van der Waals surface area contributed by atoms with Crippen molar-refractivity contribution in [2.24, 2.45) is 0 Å². The van der Waals surface area contributed by atoms with E-state index in [0.717, 1.165) is 12.1 Å². The predicted molar refractivity (Wildman–Crippen MR) is 58.1 cm³/mol. The van der Waals surface area contributed by atoms with Crippen molar-refractivity contribution in [2.45, 2.75) is 6.42 Å². The highest BCUT2D eigenvalue weighted by molar-refractivity contribution is 6.32. The quantitative estimate of drug-likeness (QED) is 0.785. The third-order valence-corrected chi connectivity index (χ3v) is 2.56. The van der Waals surface area contributed by atoms with Crippen LogP contribution >= 0.6 is 11.6 Å². The molecule has 1 aromatic carbocycles. The smallest absolute Gasteiger partial charge is 0.203 e. The lowest BCUT2D eigenvalue weighted by Gasteiger charge is -2.00. The molecule has 0 aliphatic rings. The van der Waals surface area contributed by atoms with Crippen LogP contribution in [0.25, 0.3) is 0 Å². The van der Waals surface area contributed by atoms with Crippen LogP contribution in [0.2, 0.25) is 5.22 Å². The molecule has 0 atom stereocenters. The SMILES string of the molecule is O=C(Cc1ccc(F)c(F)c1)c1ccoc1Cl. The van der Waals surface area contributed by atoms with Gasteiger partial charge >= 0.3 is 0 Å². The minimum atomic E-state index is -0.978. The molecule has 2 rings (SSSR count). The molecule has 17 heavy (non-hydrogen) atoms. The molecule has 0 aliphatic carbocycles. The van der Waals surface area contributed by atoms with Gasteiger partial charge in [-0.3, -0.25) is 4.79 Å². The third-order valence-electron chi connectivity index (χ3n) is 2.27. The average molecular weight is 257 g/mol. The van der Waals surface area contributed by atoms with Gasteiger partial charge in [0.2, 0.25) is 5.22 Å². The van der Waals surface area contributed by atoms with Crippen LogP contribution in [0.3, 0.4) is 0 Å². The van der Waals surface area contributed by atoms with E-state index in [0.29, 0.717) is 5.56 Å². The summed E-state index contributed by atoms with van der Waals surface area (Å²) in [7, 11) is 0. The predicted octanol–water partition coefficient (Wildman–Crippen LogP) is 3.64. The number of benzene rings is 1. The summed E-state index contributed by atoms with van der Waals surface area (Å²) in [4.78, 5) is 11.7. The molecule has 0 N–H and O–H groups in total. The molecule has 5 heteroatoms. The Morgan fingerprint density at radius 2 is 2.00 bits per heavy atom. The molecule has 1 aromatic heterocycles. The lowest BCUT2D eigenvalue weighted by Crippen LogP contribution is -2.03. The second-order valence-electron chi connectivity index (χ2n) is 3.46. The number of Topliss-reactive ketones (excluding diaryl/α,β-unsaturated/α-hetero) is 1. The molecule has 0 unspecified atom stereocenters. The summed E-state index contributed by atoms with van der Waals surface area (Å²) < 4.78 is 30.4. The Bertz CT molecular complexity index is 563. The maximum atomic E-state index is 12.9. The van der Waals surface area contributed by atoms with Crippen molar-refractivity contribution in [2.75, 3.05) is 0 Å². The van der Waals surface area contributed by atoms with Crippen LogP contribution in [0.4, 0.5) is 8.78 Å². The van der Waals surface area contributed by atoms with Gasteiger partial charge < -0.3 is 4.42 Å². The number of carbonyl (C=O) groups is 1. The largest absolute Gasteiger partial charge is 0.452 e. The van der Waals surface area contributed by atoms with E-state index in [1.165, 1.54) is 18.4 Å². The van der Waals surface area contributed by atoms with E-state index in [9.17, 15) is 13.6 Å². The Hall–Kier alpha value is -1.68. The molecular formula is C12H7ClF2O2. The van der Waals surface area contributed by atoms with Crippen molar-refractivity contribution in [3.05, 3.63) is 58.5 Å². The monoisotopic (exact) mass is 256 g/mol. The Morgan fingerprint density at radius 3 is 2.59 bits per heavy atom. The fraction of sp³-hybridized carbons (Fsp3) is 0.0833. The maximum Gasteiger partial charge on any atom is 0.203 e. The average Bonchev–Trinajstić information content (AvgIpc) is 2.70. The van der Waals surface area contributed by atoms with Crippen molar-refractivity contribution in [3.8, 4) is 0 Å². The van der Waals surface area contributed by atoms with E-state index < -0.39 is 11.6 Å². The van der Waals surface area contributed by atoms with E-state index >= 15 is 0 Å². The zero-order chi connectivity index (χ0) is 12.4. The minimum absolute atomic E-state index is 0.00224. The maximum absolute atomic E-state index is 12.9. The van der Waals surface area contributed by atoms with Crippen molar-refractivity contribution >= 4 is 17.4 Å². The lowest BCUT2D eigenvalue weighted by atomic mass is 10.1. The second kappa shape index (κ2) is 4.67. The highest BCUT2D eigenvalue weighted by atomic mass is 35.5. The molecule has 88 valence electrons. The number of furan rings is 1. The molecule has 0 spiro atoms. The Kier molecular flexibility index (Phi) is 3.24. The van der Waals surface area contributed by atoms with Crippen molar-refractivity contribution in [1.82, 2.24) is 0 Å². The van der Waals surface area contributed by atoms with E-state index in [1.807, 2.05) is 0 Å². The molecule has 0 aliphatic heterocycles. The van der Waals surface area contributed by atoms with Crippen LogP contribution in [0.15, 0.2) is 34.9 Å². The molecule has 0 saturated heterocycles. The van der Waals surface area contributed by atoms with Crippen LogP contribution in [-0.2, 0) is 6.42 Å². The van der Waals surface area contributed by atoms with Crippen molar-refractivity contribution in [1.29, 1.82) is 0 Å². The Morgan fingerprint density at radius 1 is 1.24 bits per heavy atom. The highest BCUT2D eigenvalue weighted by Crippen LogP contribution is 2.19. The molecule has 0 radical (unpaired) electrons. The number of carbonyl (C=O) groups excluding carboxylic acids is 1. The van der Waals surface area contributed by atoms with Gasteiger partial charge in [-0.15, -0.1) is 0 Å². The summed E-state index contributed by atoms with van der Waals surface area (Å²) in [5.74, 6) is -2.23. The molecule has 1 heterocycles. The van der Waals surface area contributed by atoms with Crippen LogP contribution in [0.5, 0.6) is 0 Å². The molecule has 2 nitrogen and oxygen atoms in total. The first-order valence-electron chi connectivity index (χ1n) is 4.78. The zero-order valence-corrected chi connectivity index (χ0v) is 9.30. The summed E-state index contributed by atoms with van der Waals surface area (Å²) in [5.41, 5.74) is 0.613. The zero-order valence-electron chi connectivity index (χ0n) is 8.54. The summed E-state index contributed by atoms with van der Waals surface area (Å²) in [6.07, 6.45) is 1.23. The summed E-state index contributed by atoms with van der Waals surface area (Å²) >= 11 is 5.64. The minimum Gasteiger partial charge on any atom is -0.452 e. The normalized spacial score (nSPS) is 10.5. The van der Waals surface area contributed by atoms with E-state index in [-0.39, 0.29) is 23.0 Å². The van der Waals surface area contributed by atoms with Crippen LogP contribution in [0, 0.1) is 11.6 Å². The third kappa shape index (κ3) is 2.53. The lowest BCUT2D eigenvalue weighted by molar-refractivity contribution is 0.0992. The van der Waals surface area contributed by atoms with Crippen LogP contribution < -0.4 is 0 Å². The molecule has 0 saturated carbocycles. The van der Waals surface area contributed by atoms with E-state index in [4.69, 9.17) is 16.0 Å². The topological polar surface area (TPSA) is 30.2 Å². The highest BCUT2D eigenvalue weighted by Gasteiger charge is 2.14. The van der Waals surface area contributed by atoms with Crippen LogP contribution in [0.1, 0.15) is 15.9 Å². The molecule has 0 fully saturated rings. The number of halogens is 3.